The molecule has 0 aliphatic carbocycles. The van der Waals surface area contributed by atoms with Crippen LogP contribution < -0.4 is 5.32 Å². The number of rotatable bonds is 4. The van der Waals surface area contributed by atoms with Crippen LogP contribution in [0, 0.1) is 0 Å². The fourth-order valence-corrected chi connectivity index (χ4v) is 2.74. The summed E-state index contributed by atoms with van der Waals surface area (Å²) in [7, 11) is 0. The smallest absolute Gasteiger partial charge is 0.245 e. The molecule has 0 atom stereocenters. The normalized spacial score (nSPS) is 15.2. The van der Waals surface area contributed by atoms with Gasteiger partial charge in [0.25, 0.3) is 0 Å². The molecule has 1 amide bonds. The van der Waals surface area contributed by atoms with E-state index in [9.17, 15) is 4.79 Å². The van der Waals surface area contributed by atoms with Crippen LogP contribution in [0.4, 0.5) is 0 Å². The van der Waals surface area contributed by atoms with Crippen LogP contribution in [0.25, 0.3) is 0 Å². The zero-order chi connectivity index (χ0) is 16.1. The second-order valence-corrected chi connectivity index (χ2v) is 6.01. The molecule has 0 spiro atoms. The predicted octanol–water partition coefficient (Wildman–Crippen LogP) is 3.92. The van der Waals surface area contributed by atoms with Gasteiger partial charge in [-0.25, -0.2) is 0 Å². The fourth-order valence-electron chi connectivity index (χ4n) is 2.03. The van der Waals surface area contributed by atoms with Crippen LogP contribution in [0.5, 0.6) is 0 Å². The highest BCUT2D eigenvalue weighted by Crippen LogP contribution is 2.30. The number of nitrogens with zero attached hydrogens (tertiary/aromatic N) is 1. The van der Waals surface area contributed by atoms with E-state index in [1.807, 2.05) is 42.5 Å². The van der Waals surface area contributed by atoms with Crippen LogP contribution in [0.3, 0.4) is 0 Å². The molecule has 23 heavy (non-hydrogen) atoms. The van der Waals surface area contributed by atoms with Crippen LogP contribution in [-0.2, 0) is 15.6 Å². The molecule has 0 bridgehead atoms. The van der Waals surface area contributed by atoms with Gasteiger partial charge in [0.05, 0.1) is 4.91 Å². The minimum atomic E-state index is -0.191. The summed E-state index contributed by atoms with van der Waals surface area (Å²) in [5.41, 5.74) is 2.52. The lowest BCUT2D eigenvalue weighted by Crippen LogP contribution is -2.21. The quantitative estimate of drug-likeness (QED) is 0.675. The van der Waals surface area contributed by atoms with Gasteiger partial charge in [-0.3, -0.25) is 4.79 Å². The van der Waals surface area contributed by atoms with Gasteiger partial charge in [-0.15, -0.1) is 0 Å². The maximum Gasteiger partial charge on any atom is 0.245 e. The molecular formula is C17H13ClN2O2S. The fraction of sp³-hybridized carbons (Fsp3) is 0.0588. The monoisotopic (exact) mass is 344 g/mol. The number of carbonyl (C=O) groups excluding carboxylic acids is 1. The van der Waals surface area contributed by atoms with Gasteiger partial charge in [-0.05, 0) is 17.7 Å². The summed E-state index contributed by atoms with van der Waals surface area (Å²) in [4.78, 5) is 12.7. The first-order valence-corrected chi connectivity index (χ1v) is 8.06. The average Bonchev–Trinajstić information content (AvgIpc) is 3.03. The zero-order valence-electron chi connectivity index (χ0n) is 12.0. The molecule has 1 aliphatic heterocycles. The first-order chi connectivity index (χ1) is 11.2. The lowest BCUT2D eigenvalue weighted by molar-refractivity contribution is -0.116. The van der Waals surface area contributed by atoms with Crippen molar-refractivity contribution in [2.24, 2.45) is 5.16 Å². The average molecular weight is 345 g/mol. The lowest BCUT2D eigenvalue weighted by Gasteiger charge is -2.03. The largest absolute Gasteiger partial charge is 0.348 e. The minimum absolute atomic E-state index is 0.191. The Labute approximate surface area is 143 Å². The molecule has 0 fully saturated rings. The Morgan fingerprint density at radius 2 is 1.91 bits per heavy atom. The van der Waals surface area contributed by atoms with Crippen molar-refractivity contribution < 1.29 is 9.08 Å². The van der Waals surface area contributed by atoms with Gasteiger partial charge in [0.15, 0.2) is 0 Å². The molecule has 0 radical (unpaired) electrons. The Kier molecular flexibility index (Phi) is 5.00. The van der Waals surface area contributed by atoms with Crippen LogP contribution in [0.15, 0.2) is 70.7 Å². The molecule has 4 nitrogen and oxygen atoms in total. The van der Waals surface area contributed by atoms with Crippen molar-refractivity contribution in [3.05, 3.63) is 81.7 Å². The van der Waals surface area contributed by atoms with Crippen molar-refractivity contribution in [2.45, 2.75) is 6.54 Å². The second-order valence-electron chi connectivity index (χ2n) is 4.82. The maximum absolute atomic E-state index is 12.1. The third kappa shape index (κ3) is 4.15. The summed E-state index contributed by atoms with van der Waals surface area (Å²) in [5, 5.41) is 7.47. The molecule has 1 aliphatic rings. The van der Waals surface area contributed by atoms with Gasteiger partial charge in [0.2, 0.25) is 5.91 Å². The van der Waals surface area contributed by atoms with Crippen molar-refractivity contribution in [2.75, 3.05) is 0 Å². The predicted molar refractivity (Wildman–Crippen MR) is 93.0 cm³/mol. The van der Waals surface area contributed by atoms with E-state index in [0.29, 0.717) is 22.2 Å². The SMILES string of the molecule is O=C(/C=C1\SON=C1c1ccc(Cl)cc1)NCc1ccccc1. The Hall–Kier alpha value is -2.24. The number of allylic oxidation sites excluding steroid dienone is 1. The third-order valence-corrected chi connectivity index (χ3v) is 4.07. The summed E-state index contributed by atoms with van der Waals surface area (Å²) < 4.78 is 5.04. The second kappa shape index (κ2) is 7.35. The van der Waals surface area contributed by atoms with E-state index in [0.717, 1.165) is 23.2 Å². The van der Waals surface area contributed by atoms with Gasteiger partial charge >= 0.3 is 0 Å². The molecule has 3 rings (SSSR count). The molecule has 116 valence electrons. The summed E-state index contributed by atoms with van der Waals surface area (Å²) in [6.45, 7) is 0.475. The number of hydrogen-bond acceptors (Lipinski definition) is 4. The number of amides is 1. The van der Waals surface area contributed by atoms with Gasteiger partial charge < -0.3 is 9.60 Å². The topological polar surface area (TPSA) is 50.7 Å². The van der Waals surface area contributed by atoms with Crippen LogP contribution in [-0.4, -0.2) is 11.6 Å². The molecular weight excluding hydrogens is 332 g/mol. The van der Waals surface area contributed by atoms with E-state index in [2.05, 4.69) is 10.5 Å². The van der Waals surface area contributed by atoms with Gasteiger partial charge in [-0.1, -0.05) is 59.2 Å². The number of nitrogens with one attached hydrogen (secondary N) is 1. The summed E-state index contributed by atoms with van der Waals surface area (Å²) >= 11 is 6.95. The highest BCUT2D eigenvalue weighted by molar-refractivity contribution is 7.99. The van der Waals surface area contributed by atoms with E-state index in [1.54, 1.807) is 12.1 Å². The van der Waals surface area contributed by atoms with Gasteiger partial charge in [0, 0.05) is 23.2 Å². The molecule has 0 aromatic heterocycles. The number of benzene rings is 2. The summed E-state index contributed by atoms with van der Waals surface area (Å²) in [6.07, 6.45) is 1.49. The Balaban J connectivity index is 1.67. The first kappa shape index (κ1) is 15.6. The number of hydrogen-bond donors (Lipinski definition) is 1. The highest BCUT2D eigenvalue weighted by atomic mass is 35.5. The Bertz CT molecular complexity index is 758. The highest BCUT2D eigenvalue weighted by Gasteiger charge is 2.20. The van der Waals surface area contributed by atoms with Crippen molar-refractivity contribution in [1.29, 1.82) is 0 Å². The maximum atomic E-state index is 12.1. The van der Waals surface area contributed by atoms with Gasteiger partial charge in [-0.2, -0.15) is 0 Å². The van der Waals surface area contributed by atoms with Crippen molar-refractivity contribution in [3.63, 3.8) is 0 Å². The molecule has 0 unspecified atom stereocenters. The molecule has 2 aromatic rings. The zero-order valence-corrected chi connectivity index (χ0v) is 13.6. The summed E-state index contributed by atoms with van der Waals surface area (Å²) in [5.74, 6) is -0.191. The van der Waals surface area contributed by atoms with Crippen molar-refractivity contribution in [1.82, 2.24) is 5.32 Å². The number of oxime groups is 1. The van der Waals surface area contributed by atoms with Crippen LogP contribution >= 0.6 is 23.6 Å². The minimum Gasteiger partial charge on any atom is -0.348 e. The molecule has 0 saturated carbocycles. The van der Waals surface area contributed by atoms with Crippen molar-refractivity contribution >= 4 is 35.3 Å². The molecule has 2 aromatic carbocycles. The van der Waals surface area contributed by atoms with E-state index in [-0.39, 0.29) is 5.91 Å². The van der Waals surface area contributed by atoms with Gasteiger partial charge in [0.1, 0.15) is 17.8 Å². The van der Waals surface area contributed by atoms with Crippen LogP contribution in [0.2, 0.25) is 5.02 Å². The standard InChI is InChI=1S/C17H13ClN2O2S/c18-14-8-6-13(7-9-14)17-15(23-22-20-17)10-16(21)19-11-12-4-2-1-3-5-12/h1-10H,11H2,(H,19,21)/b15-10-. The van der Waals surface area contributed by atoms with E-state index < -0.39 is 0 Å². The van der Waals surface area contributed by atoms with Crippen molar-refractivity contribution in [3.8, 4) is 0 Å². The molecule has 0 saturated heterocycles. The molecule has 1 N–H and O–H groups in total. The Morgan fingerprint density at radius 1 is 1.17 bits per heavy atom. The Morgan fingerprint density at radius 3 is 2.65 bits per heavy atom. The molecule has 1 heterocycles. The first-order valence-electron chi connectivity index (χ1n) is 6.94. The third-order valence-electron chi connectivity index (χ3n) is 3.18. The van der Waals surface area contributed by atoms with E-state index in [1.165, 1.54) is 6.08 Å². The number of carbonyl (C=O) groups is 1. The number of halogens is 1. The van der Waals surface area contributed by atoms with E-state index >= 15 is 0 Å². The summed E-state index contributed by atoms with van der Waals surface area (Å²) in [6, 6.07) is 17.0. The molecule has 6 heteroatoms. The van der Waals surface area contributed by atoms with E-state index in [4.69, 9.17) is 15.9 Å². The van der Waals surface area contributed by atoms with Crippen LogP contribution in [0.1, 0.15) is 11.1 Å². The lowest BCUT2D eigenvalue weighted by atomic mass is 10.1.